The Bertz CT molecular complexity index is 1250. The summed E-state index contributed by atoms with van der Waals surface area (Å²) in [7, 11) is 0. The number of benzene rings is 1. The number of aromatic amines is 1. The number of carbonyl (C=O) groups is 1. The first-order chi connectivity index (χ1) is 16.5. The number of hydrogen-bond acceptors (Lipinski definition) is 7. The Balaban J connectivity index is 1.55. The highest BCUT2D eigenvalue weighted by Gasteiger charge is 2.14. The monoisotopic (exact) mass is 460 g/mol. The van der Waals surface area contributed by atoms with E-state index >= 15 is 0 Å². The number of pyridine rings is 2. The molecule has 0 radical (unpaired) electrons. The fourth-order valence-electron chi connectivity index (χ4n) is 3.51. The predicted molar refractivity (Wildman–Crippen MR) is 129 cm³/mol. The van der Waals surface area contributed by atoms with E-state index in [-0.39, 0.29) is 6.10 Å². The highest BCUT2D eigenvalue weighted by molar-refractivity contribution is 5.92. The summed E-state index contributed by atoms with van der Waals surface area (Å²) < 4.78 is 17.0. The lowest BCUT2D eigenvalue weighted by atomic mass is 10.1. The molecule has 8 nitrogen and oxygen atoms in total. The molecule has 0 fully saturated rings. The van der Waals surface area contributed by atoms with Crippen LogP contribution in [0.1, 0.15) is 43.1 Å². The number of nitrogens with zero attached hydrogens (tertiary/aromatic N) is 3. The number of hydrogen-bond donors (Lipinski definition) is 1. The van der Waals surface area contributed by atoms with Gasteiger partial charge in [-0.25, -0.2) is 14.8 Å². The van der Waals surface area contributed by atoms with Gasteiger partial charge in [-0.3, -0.25) is 4.98 Å². The summed E-state index contributed by atoms with van der Waals surface area (Å²) in [5, 5.41) is 0. The Morgan fingerprint density at radius 2 is 1.97 bits per heavy atom. The van der Waals surface area contributed by atoms with Gasteiger partial charge in [0.2, 0.25) is 0 Å². The molecule has 34 heavy (non-hydrogen) atoms. The van der Waals surface area contributed by atoms with Crippen molar-refractivity contribution in [1.82, 2.24) is 19.9 Å². The summed E-state index contributed by atoms with van der Waals surface area (Å²) in [6.45, 7) is 6.58. The lowest BCUT2D eigenvalue weighted by Crippen LogP contribution is -2.06. The van der Waals surface area contributed by atoms with Crippen molar-refractivity contribution in [1.29, 1.82) is 0 Å². The summed E-state index contributed by atoms with van der Waals surface area (Å²) in [5.74, 6) is 1.58. The lowest BCUT2D eigenvalue weighted by molar-refractivity contribution is 0.0526. The van der Waals surface area contributed by atoms with Gasteiger partial charge in [-0.1, -0.05) is 6.07 Å². The van der Waals surface area contributed by atoms with Crippen molar-refractivity contribution in [2.24, 2.45) is 0 Å². The van der Waals surface area contributed by atoms with Gasteiger partial charge in [0.1, 0.15) is 17.3 Å². The molecule has 0 aliphatic rings. The van der Waals surface area contributed by atoms with Crippen molar-refractivity contribution in [3.05, 3.63) is 66.1 Å². The molecule has 0 unspecified atom stereocenters. The Morgan fingerprint density at radius 3 is 2.74 bits per heavy atom. The average molecular weight is 461 g/mol. The number of fused-ring (bicyclic) bond motifs is 1. The first kappa shape index (κ1) is 23.2. The molecule has 3 heterocycles. The quantitative estimate of drug-likeness (QED) is 0.263. The maximum atomic E-state index is 12.0. The van der Waals surface area contributed by atoms with Crippen LogP contribution in [0.2, 0.25) is 0 Å². The maximum Gasteiger partial charge on any atom is 0.339 e. The molecule has 0 spiro atoms. The smallest absolute Gasteiger partial charge is 0.339 e. The van der Waals surface area contributed by atoms with Crippen LogP contribution in [0.4, 0.5) is 0 Å². The molecule has 1 aromatic carbocycles. The van der Waals surface area contributed by atoms with E-state index in [0.717, 1.165) is 18.4 Å². The minimum atomic E-state index is -0.414. The van der Waals surface area contributed by atoms with Crippen LogP contribution in [0.3, 0.4) is 0 Å². The zero-order valence-corrected chi connectivity index (χ0v) is 19.6. The molecule has 0 aliphatic heterocycles. The number of imidazole rings is 1. The number of aryl methyl sites for hydroxylation is 1. The Hall–Kier alpha value is -3.94. The standard InChI is InChI=1S/C26H28N4O4/c1-4-32-26(31)20-13-23-25(28-16-20)30-24(29-23)19-11-21(14-22(12-19)34-17(2)3)33-10-6-8-18-7-5-9-27-15-18/h5,7,9,11-17H,4,6,8,10H2,1-3H3,(H,28,29,30). The number of aromatic nitrogens is 4. The van der Waals surface area contributed by atoms with Crippen molar-refractivity contribution < 1.29 is 19.0 Å². The molecule has 1 N–H and O–H groups in total. The maximum absolute atomic E-state index is 12.0. The third kappa shape index (κ3) is 5.89. The zero-order chi connectivity index (χ0) is 23.9. The van der Waals surface area contributed by atoms with Crippen molar-refractivity contribution in [2.45, 2.75) is 39.7 Å². The van der Waals surface area contributed by atoms with E-state index in [1.54, 1.807) is 19.2 Å². The molecule has 176 valence electrons. The lowest BCUT2D eigenvalue weighted by Gasteiger charge is -2.13. The normalized spacial score (nSPS) is 11.1. The molecule has 3 aromatic heterocycles. The molecule has 0 atom stereocenters. The second-order valence-corrected chi connectivity index (χ2v) is 8.07. The number of ether oxygens (including phenoxy) is 3. The first-order valence-corrected chi connectivity index (χ1v) is 11.4. The second kappa shape index (κ2) is 10.8. The number of esters is 1. The number of H-pyrrole nitrogens is 1. The second-order valence-electron chi connectivity index (χ2n) is 8.07. The number of carbonyl (C=O) groups excluding carboxylic acids is 1. The summed E-state index contributed by atoms with van der Waals surface area (Å²) >= 11 is 0. The molecule has 0 saturated heterocycles. The van der Waals surface area contributed by atoms with Gasteiger partial charge < -0.3 is 19.2 Å². The predicted octanol–water partition coefficient (Wildman–Crippen LogP) is 5.00. The summed E-state index contributed by atoms with van der Waals surface area (Å²) in [6.07, 6.45) is 6.88. The van der Waals surface area contributed by atoms with Gasteiger partial charge in [0, 0.05) is 30.2 Å². The van der Waals surface area contributed by atoms with E-state index in [4.69, 9.17) is 14.2 Å². The van der Waals surface area contributed by atoms with Gasteiger partial charge in [-0.05, 0) is 63.4 Å². The van der Waals surface area contributed by atoms with Gasteiger partial charge in [-0.15, -0.1) is 0 Å². The van der Waals surface area contributed by atoms with Crippen molar-refractivity contribution >= 4 is 17.1 Å². The van der Waals surface area contributed by atoms with Gasteiger partial charge in [0.15, 0.2) is 5.65 Å². The van der Waals surface area contributed by atoms with Gasteiger partial charge >= 0.3 is 5.97 Å². The van der Waals surface area contributed by atoms with E-state index in [2.05, 4.69) is 26.0 Å². The third-order valence-corrected chi connectivity index (χ3v) is 4.98. The van der Waals surface area contributed by atoms with E-state index in [0.29, 0.717) is 47.3 Å². The van der Waals surface area contributed by atoms with E-state index < -0.39 is 5.97 Å². The van der Waals surface area contributed by atoms with E-state index in [9.17, 15) is 4.79 Å². The Morgan fingerprint density at radius 1 is 1.12 bits per heavy atom. The van der Waals surface area contributed by atoms with Gasteiger partial charge in [-0.2, -0.15) is 0 Å². The van der Waals surface area contributed by atoms with Crippen molar-refractivity contribution in [3.63, 3.8) is 0 Å². The highest BCUT2D eigenvalue weighted by Crippen LogP contribution is 2.30. The topological polar surface area (TPSA) is 99.2 Å². The van der Waals surface area contributed by atoms with Gasteiger partial charge in [0.05, 0.1) is 30.4 Å². The summed E-state index contributed by atoms with van der Waals surface area (Å²) in [5.41, 5.74) is 3.52. The molecule has 0 saturated carbocycles. The van der Waals surface area contributed by atoms with Crippen molar-refractivity contribution in [2.75, 3.05) is 13.2 Å². The highest BCUT2D eigenvalue weighted by atomic mass is 16.5. The summed E-state index contributed by atoms with van der Waals surface area (Å²) in [6, 6.07) is 11.4. The van der Waals surface area contributed by atoms with E-state index in [1.165, 1.54) is 11.8 Å². The van der Waals surface area contributed by atoms with Crippen LogP contribution >= 0.6 is 0 Å². The number of nitrogens with one attached hydrogen (secondary N) is 1. The van der Waals surface area contributed by atoms with Crippen LogP contribution in [0, 0.1) is 0 Å². The van der Waals surface area contributed by atoms with Crippen LogP contribution in [-0.4, -0.2) is 45.2 Å². The number of rotatable bonds is 10. The average Bonchev–Trinajstić information content (AvgIpc) is 3.26. The minimum Gasteiger partial charge on any atom is -0.493 e. The molecular weight excluding hydrogens is 432 g/mol. The summed E-state index contributed by atoms with van der Waals surface area (Å²) in [4.78, 5) is 28.3. The fourth-order valence-corrected chi connectivity index (χ4v) is 3.51. The molecule has 0 bridgehead atoms. The molecule has 0 aliphatic carbocycles. The largest absolute Gasteiger partial charge is 0.493 e. The third-order valence-electron chi connectivity index (χ3n) is 4.98. The first-order valence-electron chi connectivity index (χ1n) is 11.4. The van der Waals surface area contributed by atoms with Crippen LogP contribution in [0.15, 0.2) is 55.0 Å². The van der Waals surface area contributed by atoms with Crippen LogP contribution in [-0.2, 0) is 11.2 Å². The molecule has 4 rings (SSSR count). The SMILES string of the molecule is CCOC(=O)c1cnc2nc(-c3cc(OCCCc4cccnc4)cc(OC(C)C)c3)[nH]c2c1. The minimum absolute atomic E-state index is 0.0122. The Kier molecular flexibility index (Phi) is 7.37. The van der Waals surface area contributed by atoms with Crippen LogP contribution < -0.4 is 9.47 Å². The van der Waals surface area contributed by atoms with Crippen LogP contribution in [0.5, 0.6) is 11.5 Å². The zero-order valence-electron chi connectivity index (χ0n) is 19.6. The van der Waals surface area contributed by atoms with Gasteiger partial charge in [0.25, 0.3) is 0 Å². The molecular formula is C26H28N4O4. The van der Waals surface area contributed by atoms with Crippen molar-refractivity contribution in [3.8, 4) is 22.9 Å². The Labute approximate surface area is 198 Å². The fraction of sp³-hybridized carbons (Fsp3) is 0.308. The molecule has 0 amide bonds. The van der Waals surface area contributed by atoms with E-state index in [1.807, 2.05) is 44.3 Å². The molecule has 8 heteroatoms. The molecule has 4 aromatic rings. The van der Waals surface area contributed by atoms with Crippen LogP contribution in [0.25, 0.3) is 22.6 Å².